The van der Waals surface area contributed by atoms with Crippen molar-refractivity contribution in [1.82, 2.24) is 4.72 Å². The van der Waals surface area contributed by atoms with Gasteiger partial charge in [0.15, 0.2) is 0 Å². The van der Waals surface area contributed by atoms with E-state index in [1.165, 1.54) is 18.2 Å². The number of hydrogen-bond donors (Lipinski definition) is 2. The van der Waals surface area contributed by atoms with E-state index in [1.807, 2.05) is 0 Å². The smallest absolute Gasteiger partial charge is 0.290 e. The number of carboxylic acid groups (broad SMARTS) is 1. The van der Waals surface area contributed by atoms with Gasteiger partial charge >= 0.3 is 0 Å². The number of benzene rings is 1. The van der Waals surface area contributed by atoms with Crippen molar-refractivity contribution in [3.8, 4) is 0 Å². The molecule has 21 heavy (non-hydrogen) atoms. The van der Waals surface area contributed by atoms with Crippen molar-refractivity contribution in [2.24, 2.45) is 5.92 Å². The van der Waals surface area contributed by atoms with Gasteiger partial charge < -0.3 is 5.11 Å². The Morgan fingerprint density at radius 2 is 1.76 bits per heavy atom. The van der Waals surface area contributed by atoms with Gasteiger partial charge in [0.25, 0.3) is 6.47 Å². The Morgan fingerprint density at radius 1 is 1.24 bits per heavy atom. The minimum atomic E-state index is -3.73. The van der Waals surface area contributed by atoms with Crippen molar-refractivity contribution >= 4 is 16.5 Å². The molecule has 0 saturated heterocycles. The lowest BCUT2D eigenvalue weighted by Crippen LogP contribution is -2.37. The van der Waals surface area contributed by atoms with E-state index in [9.17, 15) is 12.8 Å². The molecule has 7 heteroatoms. The van der Waals surface area contributed by atoms with E-state index in [0.29, 0.717) is 5.92 Å². The molecule has 0 bridgehead atoms. The SMILES string of the molecule is C[C@H]1CC[C@H](NS(=O)(=O)c2ccccc2F)CC1.O=CO. The second-order valence-electron chi connectivity index (χ2n) is 5.11. The predicted molar refractivity (Wildman–Crippen MR) is 76.8 cm³/mol. The van der Waals surface area contributed by atoms with Crippen LogP contribution in [0.3, 0.4) is 0 Å². The van der Waals surface area contributed by atoms with Gasteiger partial charge in [0.1, 0.15) is 10.7 Å². The third kappa shape index (κ3) is 5.43. The fourth-order valence-corrected chi connectivity index (χ4v) is 3.71. The summed E-state index contributed by atoms with van der Waals surface area (Å²) in [5.41, 5.74) is 0. The molecule has 1 aromatic carbocycles. The zero-order valence-electron chi connectivity index (χ0n) is 11.8. The van der Waals surface area contributed by atoms with Gasteiger partial charge in [0.2, 0.25) is 10.0 Å². The molecule has 0 amide bonds. The summed E-state index contributed by atoms with van der Waals surface area (Å²) in [6, 6.07) is 5.41. The highest BCUT2D eigenvalue weighted by Crippen LogP contribution is 2.25. The molecule has 1 aliphatic rings. The van der Waals surface area contributed by atoms with Crippen LogP contribution in [0.2, 0.25) is 0 Å². The minimum absolute atomic E-state index is 0.0641. The highest BCUT2D eigenvalue weighted by atomic mass is 32.2. The van der Waals surface area contributed by atoms with Crippen LogP contribution in [-0.2, 0) is 14.8 Å². The van der Waals surface area contributed by atoms with Crippen LogP contribution in [0.25, 0.3) is 0 Å². The maximum absolute atomic E-state index is 13.5. The van der Waals surface area contributed by atoms with Crippen molar-refractivity contribution < 1.29 is 22.7 Å². The van der Waals surface area contributed by atoms with Crippen molar-refractivity contribution in [3.05, 3.63) is 30.1 Å². The third-order valence-electron chi connectivity index (χ3n) is 3.46. The summed E-state index contributed by atoms with van der Waals surface area (Å²) >= 11 is 0. The average molecular weight is 317 g/mol. The Morgan fingerprint density at radius 3 is 2.29 bits per heavy atom. The van der Waals surface area contributed by atoms with Gasteiger partial charge in [-0.2, -0.15) is 0 Å². The first kappa shape index (κ1) is 17.6. The Bertz CT molecular complexity index is 554. The normalized spacial score (nSPS) is 22.0. The fourth-order valence-electron chi connectivity index (χ4n) is 2.32. The molecular weight excluding hydrogens is 297 g/mol. The van der Waals surface area contributed by atoms with Crippen LogP contribution < -0.4 is 4.72 Å². The van der Waals surface area contributed by atoms with E-state index in [2.05, 4.69) is 11.6 Å². The standard InChI is InChI=1S/C13H18FNO2S.CH2O2/c1-10-6-8-11(9-7-10)15-18(16,17)13-5-3-2-4-12(13)14;2-1-3/h2-5,10-11,15H,6-9H2,1H3;1H,(H,2,3)/t10-,11-;. The average Bonchev–Trinajstić information content (AvgIpc) is 2.42. The topological polar surface area (TPSA) is 83.5 Å². The Balaban J connectivity index is 0.000000677. The lowest BCUT2D eigenvalue weighted by Gasteiger charge is -2.26. The molecule has 1 aromatic rings. The Hall–Kier alpha value is -1.47. The molecule has 0 heterocycles. The molecule has 0 atom stereocenters. The van der Waals surface area contributed by atoms with Crippen molar-refractivity contribution in [2.75, 3.05) is 0 Å². The Kier molecular flexibility index (Phi) is 6.77. The van der Waals surface area contributed by atoms with Crippen LogP contribution in [0.5, 0.6) is 0 Å². The van der Waals surface area contributed by atoms with Crippen molar-refractivity contribution in [2.45, 2.75) is 43.5 Å². The van der Waals surface area contributed by atoms with E-state index < -0.39 is 15.8 Å². The van der Waals surface area contributed by atoms with Crippen LogP contribution >= 0.6 is 0 Å². The number of hydrogen-bond acceptors (Lipinski definition) is 3. The molecule has 1 aliphatic carbocycles. The summed E-state index contributed by atoms with van der Waals surface area (Å²) in [6.45, 7) is 1.92. The van der Waals surface area contributed by atoms with E-state index >= 15 is 0 Å². The van der Waals surface area contributed by atoms with Crippen LogP contribution in [0.1, 0.15) is 32.6 Å². The van der Waals surface area contributed by atoms with Crippen LogP contribution in [0, 0.1) is 11.7 Å². The third-order valence-corrected chi connectivity index (χ3v) is 5.02. The molecule has 118 valence electrons. The first-order chi connectivity index (χ1) is 9.90. The van der Waals surface area contributed by atoms with E-state index in [0.717, 1.165) is 31.7 Å². The first-order valence-corrected chi connectivity index (χ1v) is 8.23. The van der Waals surface area contributed by atoms with Gasteiger partial charge in [-0.1, -0.05) is 19.1 Å². The van der Waals surface area contributed by atoms with Gasteiger partial charge in [-0.3, -0.25) is 4.79 Å². The molecule has 0 aromatic heterocycles. The van der Waals surface area contributed by atoms with Gasteiger partial charge in [0, 0.05) is 6.04 Å². The highest BCUT2D eigenvalue weighted by Gasteiger charge is 2.25. The molecule has 5 nitrogen and oxygen atoms in total. The molecule has 2 N–H and O–H groups in total. The summed E-state index contributed by atoms with van der Waals surface area (Å²) in [4.78, 5) is 8.10. The lowest BCUT2D eigenvalue weighted by molar-refractivity contribution is -0.122. The number of sulfonamides is 1. The largest absolute Gasteiger partial charge is 0.483 e. The molecular formula is C14H20FNO4S. The number of nitrogens with one attached hydrogen (secondary N) is 1. The Labute approximate surface area is 124 Å². The molecule has 0 aliphatic heterocycles. The zero-order valence-corrected chi connectivity index (χ0v) is 12.6. The first-order valence-electron chi connectivity index (χ1n) is 6.75. The summed E-state index contributed by atoms with van der Waals surface area (Å²) in [7, 11) is -3.73. The zero-order chi connectivity index (χ0) is 15.9. The van der Waals surface area contributed by atoms with Gasteiger partial charge in [-0.25, -0.2) is 17.5 Å². The maximum Gasteiger partial charge on any atom is 0.290 e. The molecule has 1 saturated carbocycles. The number of halogens is 1. The summed E-state index contributed by atoms with van der Waals surface area (Å²) < 4.78 is 40.2. The monoisotopic (exact) mass is 317 g/mol. The molecule has 0 radical (unpaired) electrons. The van der Waals surface area contributed by atoms with E-state index in [4.69, 9.17) is 9.90 Å². The quantitative estimate of drug-likeness (QED) is 0.838. The number of carbonyl (C=O) groups is 1. The van der Waals surface area contributed by atoms with Crippen molar-refractivity contribution in [1.29, 1.82) is 0 Å². The molecule has 0 unspecified atom stereocenters. The van der Waals surface area contributed by atoms with Crippen LogP contribution in [0.4, 0.5) is 4.39 Å². The van der Waals surface area contributed by atoms with Crippen molar-refractivity contribution in [3.63, 3.8) is 0 Å². The second-order valence-corrected chi connectivity index (χ2v) is 6.80. The van der Waals surface area contributed by atoms with Crippen LogP contribution in [0.15, 0.2) is 29.2 Å². The second kappa shape index (κ2) is 8.09. The molecule has 1 fully saturated rings. The van der Waals surface area contributed by atoms with Gasteiger partial charge in [-0.05, 0) is 43.7 Å². The van der Waals surface area contributed by atoms with Crippen LogP contribution in [-0.4, -0.2) is 26.0 Å². The summed E-state index contributed by atoms with van der Waals surface area (Å²) in [5.74, 6) is -0.0478. The minimum Gasteiger partial charge on any atom is -0.483 e. The van der Waals surface area contributed by atoms with Gasteiger partial charge in [0.05, 0.1) is 0 Å². The molecule has 0 spiro atoms. The lowest BCUT2D eigenvalue weighted by atomic mass is 9.88. The van der Waals surface area contributed by atoms with E-state index in [-0.39, 0.29) is 17.4 Å². The fraction of sp³-hybridized carbons (Fsp3) is 0.500. The summed E-state index contributed by atoms with van der Waals surface area (Å²) in [5, 5.41) is 6.89. The molecule has 2 rings (SSSR count). The highest BCUT2D eigenvalue weighted by molar-refractivity contribution is 7.89. The maximum atomic E-state index is 13.5. The van der Waals surface area contributed by atoms with Gasteiger partial charge in [-0.15, -0.1) is 0 Å². The van der Waals surface area contributed by atoms with E-state index in [1.54, 1.807) is 0 Å². The predicted octanol–water partition coefficient (Wildman–Crippen LogP) is 2.38. The summed E-state index contributed by atoms with van der Waals surface area (Å²) in [6.07, 6.45) is 3.69. The number of rotatable bonds is 3.